The Balaban J connectivity index is 2.19. The third-order valence-corrected chi connectivity index (χ3v) is 3.89. The predicted molar refractivity (Wildman–Crippen MR) is 86.1 cm³/mol. The summed E-state index contributed by atoms with van der Waals surface area (Å²) in [5.41, 5.74) is 1.69. The summed E-state index contributed by atoms with van der Waals surface area (Å²) >= 11 is 15.3. The molecule has 2 aromatic rings. The summed E-state index contributed by atoms with van der Waals surface area (Å²) in [4.78, 5) is 0. The second kappa shape index (κ2) is 6.57. The molecule has 106 valence electrons. The molecular formula is C14H12BrCl2NO2. The van der Waals surface area contributed by atoms with Crippen LogP contribution in [0.25, 0.3) is 0 Å². The van der Waals surface area contributed by atoms with Crippen molar-refractivity contribution in [1.29, 1.82) is 0 Å². The second-order valence-corrected chi connectivity index (χ2v) is 5.80. The van der Waals surface area contributed by atoms with Gasteiger partial charge >= 0.3 is 0 Å². The fourth-order valence-electron chi connectivity index (χ4n) is 1.72. The molecule has 3 nitrogen and oxygen atoms in total. The quantitative estimate of drug-likeness (QED) is 0.781. The second-order valence-electron chi connectivity index (χ2n) is 4.11. The van der Waals surface area contributed by atoms with Gasteiger partial charge in [-0.1, -0.05) is 23.2 Å². The van der Waals surface area contributed by atoms with Gasteiger partial charge in [0.25, 0.3) is 0 Å². The molecule has 6 heteroatoms. The highest BCUT2D eigenvalue weighted by molar-refractivity contribution is 9.10. The largest absolute Gasteiger partial charge is 0.503 e. The molecule has 2 aromatic carbocycles. The predicted octanol–water partition coefficient (Wildman–Crippen LogP) is 5.08. The van der Waals surface area contributed by atoms with E-state index in [4.69, 9.17) is 27.9 Å². The number of hydrogen-bond acceptors (Lipinski definition) is 3. The van der Waals surface area contributed by atoms with E-state index >= 15 is 0 Å². The molecule has 0 aliphatic heterocycles. The molecule has 0 heterocycles. The van der Waals surface area contributed by atoms with Crippen molar-refractivity contribution >= 4 is 44.8 Å². The van der Waals surface area contributed by atoms with E-state index in [2.05, 4.69) is 21.2 Å². The van der Waals surface area contributed by atoms with Crippen molar-refractivity contribution < 1.29 is 9.84 Å². The highest BCUT2D eigenvalue weighted by atomic mass is 79.9. The van der Waals surface area contributed by atoms with Gasteiger partial charge in [-0.2, -0.15) is 0 Å². The van der Waals surface area contributed by atoms with E-state index in [-0.39, 0.29) is 5.75 Å². The van der Waals surface area contributed by atoms with Crippen molar-refractivity contribution in [3.8, 4) is 11.5 Å². The fourth-order valence-corrected chi connectivity index (χ4v) is 2.56. The first-order chi connectivity index (χ1) is 9.51. The summed E-state index contributed by atoms with van der Waals surface area (Å²) in [5, 5.41) is 14.2. The smallest absolute Gasteiger partial charge is 0.172 e. The number of nitrogens with one attached hydrogen (secondary N) is 1. The molecular weight excluding hydrogens is 365 g/mol. The maximum absolute atomic E-state index is 9.76. The highest BCUT2D eigenvalue weighted by Gasteiger charge is 2.09. The molecule has 0 saturated heterocycles. The van der Waals surface area contributed by atoms with Crippen molar-refractivity contribution in [2.24, 2.45) is 0 Å². The average molecular weight is 377 g/mol. The molecule has 2 N–H and O–H groups in total. The molecule has 0 aromatic heterocycles. The SMILES string of the molecule is COc1cc(CNc2cc(Cl)ccc2Cl)cc(Br)c1O. The van der Waals surface area contributed by atoms with E-state index in [9.17, 15) is 5.11 Å². The van der Waals surface area contributed by atoms with Gasteiger partial charge in [-0.25, -0.2) is 0 Å². The van der Waals surface area contributed by atoms with Crippen LogP contribution in [0.1, 0.15) is 5.56 Å². The van der Waals surface area contributed by atoms with Crippen LogP contribution in [0.3, 0.4) is 0 Å². The van der Waals surface area contributed by atoms with Crippen molar-refractivity contribution in [2.45, 2.75) is 6.54 Å². The van der Waals surface area contributed by atoms with E-state index in [0.717, 1.165) is 11.3 Å². The number of phenols is 1. The lowest BCUT2D eigenvalue weighted by molar-refractivity contribution is 0.371. The molecule has 2 rings (SSSR count). The van der Waals surface area contributed by atoms with Crippen LogP contribution >= 0.6 is 39.1 Å². The lowest BCUT2D eigenvalue weighted by Crippen LogP contribution is -2.00. The van der Waals surface area contributed by atoms with E-state index in [1.54, 1.807) is 24.3 Å². The Morgan fingerprint density at radius 2 is 2.00 bits per heavy atom. The number of aromatic hydroxyl groups is 1. The Hall–Kier alpha value is -1.10. The summed E-state index contributed by atoms with van der Waals surface area (Å²) in [6.45, 7) is 0.523. The zero-order chi connectivity index (χ0) is 14.7. The molecule has 0 fully saturated rings. The van der Waals surface area contributed by atoms with Crippen molar-refractivity contribution in [3.63, 3.8) is 0 Å². The lowest BCUT2D eigenvalue weighted by Gasteiger charge is -2.12. The van der Waals surface area contributed by atoms with E-state index in [0.29, 0.717) is 26.8 Å². The van der Waals surface area contributed by atoms with E-state index in [1.165, 1.54) is 7.11 Å². The zero-order valence-corrected chi connectivity index (χ0v) is 13.7. The van der Waals surface area contributed by atoms with Gasteiger partial charge in [0.15, 0.2) is 11.5 Å². The van der Waals surface area contributed by atoms with Crippen LogP contribution in [0.15, 0.2) is 34.8 Å². The third-order valence-electron chi connectivity index (χ3n) is 2.72. The van der Waals surface area contributed by atoms with Crippen LogP contribution in [0.4, 0.5) is 5.69 Å². The summed E-state index contributed by atoms with van der Waals surface area (Å²) in [5.74, 6) is 0.491. The number of ether oxygens (including phenoxy) is 1. The molecule has 0 bridgehead atoms. The summed E-state index contributed by atoms with van der Waals surface area (Å²) in [7, 11) is 1.51. The van der Waals surface area contributed by atoms with Gasteiger partial charge in [0.2, 0.25) is 0 Å². The Bertz CT molecular complexity index is 635. The van der Waals surface area contributed by atoms with Gasteiger partial charge in [-0.05, 0) is 51.8 Å². The molecule has 0 unspecified atom stereocenters. The first-order valence-electron chi connectivity index (χ1n) is 5.75. The first-order valence-corrected chi connectivity index (χ1v) is 7.30. The van der Waals surface area contributed by atoms with Gasteiger partial charge in [-0.3, -0.25) is 0 Å². The monoisotopic (exact) mass is 375 g/mol. The fraction of sp³-hybridized carbons (Fsp3) is 0.143. The Morgan fingerprint density at radius 1 is 1.25 bits per heavy atom. The molecule has 20 heavy (non-hydrogen) atoms. The molecule has 0 atom stereocenters. The van der Waals surface area contributed by atoms with Gasteiger partial charge in [0, 0.05) is 11.6 Å². The number of phenolic OH excluding ortho intramolecular Hbond substituents is 1. The minimum atomic E-state index is 0.0806. The van der Waals surface area contributed by atoms with E-state index in [1.807, 2.05) is 6.07 Å². The van der Waals surface area contributed by atoms with Crippen LogP contribution in [0.5, 0.6) is 11.5 Å². The van der Waals surface area contributed by atoms with Gasteiger partial charge in [-0.15, -0.1) is 0 Å². The average Bonchev–Trinajstić information content (AvgIpc) is 2.43. The number of rotatable bonds is 4. The first kappa shape index (κ1) is 15.3. The van der Waals surface area contributed by atoms with Crippen LogP contribution in [0.2, 0.25) is 10.0 Å². The Kier molecular flexibility index (Phi) is 5.02. The molecule has 0 aliphatic rings. The maximum Gasteiger partial charge on any atom is 0.172 e. The molecule has 0 saturated carbocycles. The van der Waals surface area contributed by atoms with Gasteiger partial charge in [0.05, 0.1) is 22.3 Å². The van der Waals surface area contributed by atoms with E-state index < -0.39 is 0 Å². The number of methoxy groups -OCH3 is 1. The third kappa shape index (κ3) is 3.51. The number of halogens is 3. The normalized spacial score (nSPS) is 10.4. The van der Waals surface area contributed by atoms with Crippen molar-refractivity contribution in [1.82, 2.24) is 0 Å². The minimum Gasteiger partial charge on any atom is -0.503 e. The topological polar surface area (TPSA) is 41.5 Å². The highest BCUT2D eigenvalue weighted by Crippen LogP contribution is 2.35. The summed E-state index contributed by atoms with van der Waals surface area (Å²) in [6, 6.07) is 8.79. The van der Waals surface area contributed by atoms with Crippen LogP contribution in [0, 0.1) is 0 Å². The number of hydrogen-bond donors (Lipinski definition) is 2. The van der Waals surface area contributed by atoms with Gasteiger partial charge < -0.3 is 15.2 Å². The zero-order valence-electron chi connectivity index (χ0n) is 10.6. The standard InChI is InChI=1S/C14H12BrCl2NO2/c1-20-13-5-8(4-10(15)14(13)19)7-18-12-6-9(16)2-3-11(12)17/h2-6,18-19H,7H2,1H3. The van der Waals surface area contributed by atoms with Crippen LogP contribution < -0.4 is 10.1 Å². The minimum absolute atomic E-state index is 0.0806. The van der Waals surface area contributed by atoms with Crippen molar-refractivity contribution in [2.75, 3.05) is 12.4 Å². The number of anilines is 1. The molecule has 0 aliphatic carbocycles. The lowest BCUT2D eigenvalue weighted by atomic mass is 10.2. The van der Waals surface area contributed by atoms with Crippen LogP contribution in [-0.2, 0) is 6.54 Å². The van der Waals surface area contributed by atoms with Crippen molar-refractivity contribution in [3.05, 3.63) is 50.4 Å². The Labute approximate surface area is 135 Å². The summed E-state index contributed by atoms with van der Waals surface area (Å²) < 4.78 is 5.68. The molecule has 0 amide bonds. The Morgan fingerprint density at radius 3 is 2.70 bits per heavy atom. The van der Waals surface area contributed by atoms with Gasteiger partial charge in [0.1, 0.15) is 0 Å². The molecule has 0 spiro atoms. The maximum atomic E-state index is 9.76. The summed E-state index contributed by atoms with van der Waals surface area (Å²) in [6.07, 6.45) is 0. The van der Waals surface area contributed by atoms with Crippen LogP contribution in [-0.4, -0.2) is 12.2 Å². The molecule has 0 radical (unpaired) electrons. The number of benzene rings is 2.